The zero-order valence-electron chi connectivity index (χ0n) is 7.54. The van der Waals surface area contributed by atoms with Crippen molar-refractivity contribution < 1.29 is 9.90 Å². The van der Waals surface area contributed by atoms with Crippen LogP contribution < -0.4 is 0 Å². The number of phenolic OH excluding ortho intramolecular Hbond substituents is 1. The van der Waals surface area contributed by atoms with Crippen molar-refractivity contribution in [1.29, 1.82) is 0 Å². The molecule has 3 heteroatoms. The highest BCUT2D eigenvalue weighted by Gasteiger charge is 2.23. The number of halogens is 1. The van der Waals surface area contributed by atoms with Crippen LogP contribution in [0.2, 0.25) is 5.02 Å². The normalized spacial score (nSPS) is 11.3. The minimum atomic E-state index is -0.699. The van der Waals surface area contributed by atoms with Gasteiger partial charge in [-0.15, -0.1) is 0 Å². The molecule has 2 nitrogen and oxygen atoms in total. The van der Waals surface area contributed by atoms with Gasteiger partial charge in [0.15, 0.2) is 0 Å². The standard InChI is InChI=1S/C10H11ClO2/c1-10(2,6-12)7-4-3-5-8(11)9(7)13/h3-6,13H,1-2H3. The topological polar surface area (TPSA) is 37.3 Å². The van der Waals surface area contributed by atoms with Gasteiger partial charge >= 0.3 is 0 Å². The average Bonchev–Trinajstić information content (AvgIpc) is 2.09. The minimum absolute atomic E-state index is 0.0127. The number of carbonyl (C=O) groups excluding carboxylic acids is 1. The van der Waals surface area contributed by atoms with Gasteiger partial charge in [-0.2, -0.15) is 0 Å². The lowest BCUT2D eigenvalue weighted by Gasteiger charge is -2.18. The van der Waals surface area contributed by atoms with Crippen molar-refractivity contribution in [3.8, 4) is 5.75 Å². The average molecular weight is 199 g/mol. The molecule has 0 aromatic heterocycles. The number of aromatic hydroxyl groups is 1. The predicted octanol–water partition coefficient (Wildman–Crippen LogP) is 2.52. The molecule has 0 saturated heterocycles. The number of carbonyl (C=O) groups is 1. The van der Waals surface area contributed by atoms with Gasteiger partial charge in [0.25, 0.3) is 0 Å². The molecule has 1 aromatic carbocycles. The summed E-state index contributed by atoms with van der Waals surface area (Å²) in [5.74, 6) is -0.0127. The Kier molecular flexibility index (Phi) is 2.62. The van der Waals surface area contributed by atoms with Crippen LogP contribution in [0.5, 0.6) is 5.75 Å². The summed E-state index contributed by atoms with van der Waals surface area (Å²) in [6.45, 7) is 3.46. The van der Waals surface area contributed by atoms with Crippen LogP contribution in [0.3, 0.4) is 0 Å². The number of benzene rings is 1. The van der Waals surface area contributed by atoms with Gasteiger partial charge in [-0.1, -0.05) is 23.7 Å². The van der Waals surface area contributed by atoms with E-state index in [1.165, 1.54) is 0 Å². The van der Waals surface area contributed by atoms with E-state index in [4.69, 9.17) is 11.6 Å². The summed E-state index contributed by atoms with van der Waals surface area (Å²) >= 11 is 5.71. The summed E-state index contributed by atoms with van der Waals surface area (Å²) in [5.41, 5.74) is -0.148. The molecular weight excluding hydrogens is 188 g/mol. The quantitative estimate of drug-likeness (QED) is 0.742. The van der Waals surface area contributed by atoms with Crippen LogP contribution in [0.15, 0.2) is 18.2 Å². The maximum Gasteiger partial charge on any atom is 0.138 e. The van der Waals surface area contributed by atoms with Gasteiger partial charge in [0, 0.05) is 11.0 Å². The van der Waals surface area contributed by atoms with Crippen molar-refractivity contribution in [2.75, 3.05) is 0 Å². The lowest BCUT2D eigenvalue weighted by atomic mass is 9.86. The molecule has 0 aliphatic carbocycles. The van der Waals surface area contributed by atoms with E-state index >= 15 is 0 Å². The van der Waals surface area contributed by atoms with Gasteiger partial charge in [0.2, 0.25) is 0 Å². The molecule has 0 atom stereocenters. The van der Waals surface area contributed by atoms with Gasteiger partial charge in [0.05, 0.1) is 5.02 Å². The van der Waals surface area contributed by atoms with Crippen molar-refractivity contribution in [3.05, 3.63) is 28.8 Å². The Morgan fingerprint density at radius 1 is 1.46 bits per heavy atom. The van der Waals surface area contributed by atoms with E-state index in [1.54, 1.807) is 32.0 Å². The zero-order chi connectivity index (χ0) is 10.1. The van der Waals surface area contributed by atoms with E-state index in [-0.39, 0.29) is 10.8 Å². The summed E-state index contributed by atoms with van der Waals surface area (Å²) < 4.78 is 0. The Balaban J connectivity index is 3.30. The highest BCUT2D eigenvalue weighted by atomic mass is 35.5. The molecule has 1 rings (SSSR count). The Hall–Kier alpha value is -1.02. The third kappa shape index (κ3) is 1.83. The van der Waals surface area contributed by atoms with E-state index in [1.807, 2.05) is 0 Å². The minimum Gasteiger partial charge on any atom is -0.506 e. The second-order valence-electron chi connectivity index (χ2n) is 3.48. The van der Waals surface area contributed by atoms with Crippen LogP contribution in [-0.2, 0) is 10.2 Å². The molecule has 70 valence electrons. The van der Waals surface area contributed by atoms with Gasteiger partial charge in [0.1, 0.15) is 12.0 Å². The first kappa shape index (κ1) is 10.1. The maximum atomic E-state index is 10.7. The molecule has 1 N–H and O–H groups in total. The number of aldehydes is 1. The molecule has 0 fully saturated rings. The van der Waals surface area contributed by atoms with Crippen molar-refractivity contribution in [2.45, 2.75) is 19.3 Å². The molecule has 0 spiro atoms. The molecule has 13 heavy (non-hydrogen) atoms. The smallest absolute Gasteiger partial charge is 0.138 e. The summed E-state index contributed by atoms with van der Waals surface area (Å²) in [5, 5.41) is 9.84. The number of hydrogen-bond donors (Lipinski definition) is 1. The van der Waals surface area contributed by atoms with Gasteiger partial charge in [-0.3, -0.25) is 0 Å². The van der Waals surface area contributed by atoms with E-state index in [0.29, 0.717) is 5.56 Å². The monoisotopic (exact) mass is 198 g/mol. The molecular formula is C10H11ClO2. The van der Waals surface area contributed by atoms with Crippen LogP contribution in [0.4, 0.5) is 0 Å². The summed E-state index contributed by atoms with van der Waals surface area (Å²) in [6.07, 6.45) is 0.790. The van der Waals surface area contributed by atoms with Crippen LogP contribution in [0.1, 0.15) is 19.4 Å². The van der Waals surface area contributed by atoms with E-state index in [9.17, 15) is 9.90 Å². The molecule has 0 amide bonds. The second kappa shape index (κ2) is 3.38. The van der Waals surface area contributed by atoms with Crippen LogP contribution in [0, 0.1) is 0 Å². The fourth-order valence-corrected chi connectivity index (χ4v) is 1.27. The van der Waals surface area contributed by atoms with Crippen LogP contribution in [-0.4, -0.2) is 11.4 Å². The molecule has 0 unspecified atom stereocenters. The van der Waals surface area contributed by atoms with Gasteiger partial charge in [-0.25, -0.2) is 0 Å². The zero-order valence-corrected chi connectivity index (χ0v) is 8.30. The highest BCUT2D eigenvalue weighted by molar-refractivity contribution is 6.32. The summed E-state index contributed by atoms with van der Waals surface area (Å²) in [4.78, 5) is 10.7. The maximum absolute atomic E-state index is 10.7. The fourth-order valence-electron chi connectivity index (χ4n) is 1.10. The van der Waals surface area contributed by atoms with E-state index < -0.39 is 5.41 Å². The Morgan fingerprint density at radius 3 is 2.62 bits per heavy atom. The first-order valence-electron chi connectivity index (χ1n) is 3.93. The molecule has 0 aliphatic heterocycles. The molecule has 0 aliphatic rings. The third-order valence-corrected chi connectivity index (χ3v) is 2.28. The summed E-state index contributed by atoms with van der Waals surface area (Å²) in [7, 11) is 0. The first-order chi connectivity index (χ1) is 5.99. The van der Waals surface area contributed by atoms with Crippen LogP contribution in [0.25, 0.3) is 0 Å². The predicted molar refractivity (Wildman–Crippen MR) is 52.2 cm³/mol. The van der Waals surface area contributed by atoms with Crippen molar-refractivity contribution in [3.63, 3.8) is 0 Å². The molecule has 0 radical (unpaired) electrons. The number of para-hydroxylation sites is 1. The Labute approximate surface area is 82.2 Å². The highest BCUT2D eigenvalue weighted by Crippen LogP contribution is 2.34. The third-order valence-electron chi connectivity index (χ3n) is 1.98. The van der Waals surface area contributed by atoms with Crippen molar-refractivity contribution >= 4 is 17.9 Å². The van der Waals surface area contributed by atoms with Crippen LogP contribution >= 0.6 is 11.6 Å². The largest absolute Gasteiger partial charge is 0.506 e. The number of phenols is 1. The van der Waals surface area contributed by atoms with E-state index in [0.717, 1.165) is 6.29 Å². The Bertz CT molecular complexity index is 332. The molecule has 1 aromatic rings. The fraction of sp³-hybridized carbons (Fsp3) is 0.300. The molecule has 0 heterocycles. The number of hydrogen-bond acceptors (Lipinski definition) is 2. The van der Waals surface area contributed by atoms with Gasteiger partial charge < -0.3 is 9.90 Å². The lowest BCUT2D eigenvalue weighted by molar-refractivity contribution is -0.111. The molecule has 0 bridgehead atoms. The van der Waals surface area contributed by atoms with Gasteiger partial charge in [-0.05, 0) is 19.9 Å². The van der Waals surface area contributed by atoms with E-state index in [2.05, 4.69) is 0 Å². The molecule has 0 saturated carbocycles. The summed E-state index contributed by atoms with van der Waals surface area (Å²) in [6, 6.07) is 4.99. The first-order valence-corrected chi connectivity index (χ1v) is 4.31. The number of rotatable bonds is 2. The second-order valence-corrected chi connectivity index (χ2v) is 3.88. The Morgan fingerprint density at radius 2 is 2.08 bits per heavy atom. The SMILES string of the molecule is CC(C)(C=O)c1cccc(Cl)c1O. The lowest BCUT2D eigenvalue weighted by Crippen LogP contribution is -2.18. The van der Waals surface area contributed by atoms with Crippen molar-refractivity contribution in [1.82, 2.24) is 0 Å². The van der Waals surface area contributed by atoms with Crippen molar-refractivity contribution in [2.24, 2.45) is 0 Å².